The Kier molecular flexibility index (Phi) is 4.63. The molecule has 1 aliphatic rings. The molecule has 0 radical (unpaired) electrons. The van der Waals surface area contributed by atoms with E-state index in [0.29, 0.717) is 0 Å². The summed E-state index contributed by atoms with van der Waals surface area (Å²) < 4.78 is 49.2. The Morgan fingerprint density at radius 2 is 2.00 bits per heavy atom. The molecule has 0 spiro atoms. The van der Waals surface area contributed by atoms with Crippen LogP contribution in [0.1, 0.15) is 26.3 Å². The van der Waals surface area contributed by atoms with Gasteiger partial charge in [0.15, 0.2) is 5.75 Å². The molecule has 0 fully saturated rings. The highest BCUT2D eigenvalue weighted by atomic mass is 19.4. The normalized spacial score (nSPS) is 17.9. The first-order valence-corrected chi connectivity index (χ1v) is 7.11. The highest BCUT2D eigenvalue weighted by Gasteiger charge is 2.38. The summed E-state index contributed by atoms with van der Waals surface area (Å²) in [5, 5.41) is 4.60. The van der Waals surface area contributed by atoms with Gasteiger partial charge >= 0.3 is 12.3 Å². The molecule has 2 N–H and O–H groups in total. The van der Waals surface area contributed by atoms with Crippen molar-refractivity contribution >= 4 is 17.7 Å². The molecule has 1 aromatic carbocycles. The summed E-state index contributed by atoms with van der Waals surface area (Å²) in [7, 11) is 0. The summed E-state index contributed by atoms with van der Waals surface area (Å²) >= 11 is 0. The molecule has 0 bridgehead atoms. The van der Waals surface area contributed by atoms with Crippen molar-refractivity contribution in [1.29, 1.82) is 0 Å². The van der Waals surface area contributed by atoms with Crippen LogP contribution in [0.2, 0.25) is 0 Å². The number of carbonyl (C=O) groups excluding carboxylic acids is 2. The van der Waals surface area contributed by atoms with Crippen LogP contribution in [0.15, 0.2) is 18.2 Å². The molecule has 2 amide bonds. The van der Waals surface area contributed by atoms with Gasteiger partial charge in [-0.25, -0.2) is 4.79 Å². The fourth-order valence-corrected chi connectivity index (χ4v) is 2.03. The molecule has 1 atom stereocenters. The van der Waals surface area contributed by atoms with Gasteiger partial charge in [0.1, 0.15) is 18.2 Å². The molecule has 1 aromatic rings. The molecule has 6 nitrogen and oxygen atoms in total. The van der Waals surface area contributed by atoms with Gasteiger partial charge in [-0.3, -0.25) is 4.79 Å². The van der Waals surface area contributed by atoms with Crippen molar-refractivity contribution in [2.75, 3.05) is 11.9 Å². The summed E-state index contributed by atoms with van der Waals surface area (Å²) in [6.45, 7) is 4.47. The van der Waals surface area contributed by atoms with Crippen molar-refractivity contribution in [2.24, 2.45) is 0 Å². The standard InChI is InChI=1S/C15H17F3N2O4/c1-14(2,3)24-13(22)20-10-7-23-11-8(15(16,17)18)5-4-6-9(11)19-12(10)21/h4-6,10H,7H2,1-3H3,(H,19,21)(H,20,22). The molecule has 9 heteroatoms. The molecular formula is C15H17F3N2O4. The lowest BCUT2D eigenvalue weighted by Gasteiger charge is -2.22. The number of alkyl halides is 3. The van der Waals surface area contributed by atoms with E-state index < -0.39 is 47.7 Å². The average Bonchev–Trinajstić information content (AvgIpc) is 2.55. The molecule has 1 aliphatic heterocycles. The lowest BCUT2D eigenvalue weighted by Crippen LogP contribution is -2.48. The number of hydrogen-bond acceptors (Lipinski definition) is 4. The van der Waals surface area contributed by atoms with Crippen LogP contribution >= 0.6 is 0 Å². The molecule has 1 heterocycles. The number of ether oxygens (including phenoxy) is 2. The van der Waals surface area contributed by atoms with Gasteiger partial charge in [0.25, 0.3) is 5.91 Å². The van der Waals surface area contributed by atoms with E-state index in [-0.39, 0.29) is 5.69 Å². The van der Waals surface area contributed by atoms with Crippen LogP contribution in [-0.2, 0) is 15.7 Å². The van der Waals surface area contributed by atoms with Crippen LogP contribution < -0.4 is 15.4 Å². The Morgan fingerprint density at radius 1 is 1.33 bits per heavy atom. The van der Waals surface area contributed by atoms with E-state index in [4.69, 9.17) is 9.47 Å². The molecule has 132 valence electrons. The summed E-state index contributed by atoms with van der Waals surface area (Å²) in [5.74, 6) is -1.18. The molecule has 2 rings (SSSR count). The Hall–Kier alpha value is -2.45. The van der Waals surface area contributed by atoms with E-state index in [2.05, 4.69) is 10.6 Å². The number of benzene rings is 1. The Morgan fingerprint density at radius 3 is 2.58 bits per heavy atom. The third-order valence-electron chi connectivity index (χ3n) is 2.98. The number of alkyl carbamates (subject to hydrolysis) is 1. The first kappa shape index (κ1) is 17.9. The number of fused-ring (bicyclic) bond motifs is 1. The van der Waals surface area contributed by atoms with Crippen molar-refractivity contribution in [3.8, 4) is 5.75 Å². The van der Waals surface area contributed by atoms with Crippen molar-refractivity contribution in [3.05, 3.63) is 23.8 Å². The zero-order valence-corrected chi connectivity index (χ0v) is 13.3. The van der Waals surface area contributed by atoms with Crippen LogP contribution in [0.5, 0.6) is 5.75 Å². The van der Waals surface area contributed by atoms with Gasteiger partial charge in [0, 0.05) is 0 Å². The van der Waals surface area contributed by atoms with Gasteiger partial charge in [0.05, 0.1) is 11.3 Å². The maximum absolute atomic E-state index is 13.0. The highest BCUT2D eigenvalue weighted by Crippen LogP contribution is 2.41. The molecule has 0 saturated heterocycles. The smallest absolute Gasteiger partial charge is 0.420 e. The maximum Gasteiger partial charge on any atom is 0.420 e. The van der Waals surface area contributed by atoms with Crippen molar-refractivity contribution in [2.45, 2.75) is 38.6 Å². The summed E-state index contributed by atoms with van der Waals surface area (Å²) in [5.41, 5.74) is -1.89. The molecule has 0 aromatic heterocycles. The summed E-state index contributed by atoms with van der Waals surface area (Å²) in [6.07, 6.45) is -5.50. The molecule has 0 saturated carbocycles. The number of nitrogens with one attached hydrogen (secondary N) is 2. The second-order valence-corrected chi connectivity index (χ2v) is 6.18. The van der Waals surface area contributed by atoms with Gasteiger partial charge in [-0.15, -0.1) is 0 Å². The third kappa shape index (κ3) is 4.30. The highest BCUT2D eigenvalue weighted by molar-refractivity contribution is 5.98. The molecular weight excluding hydrogens is 329 g/mol. The lowest BCUT2D eigenvalue weighted by atomic mass is 10.1. The number of rotatable bonds is 1. The van der Waals surface area contributed by atoms with E-state index in [1.54, 1.807) is 20.8 Å². The maximum atomic E-state index is 13.0. The summed E-state index contributed by atoms with van der Waals surface area (Å²) in [6, 6.07) is 2.12. The fraction of sp³-hybridized carbons (Fsp3) is 0.467. The number of halogens is 3. The van der Waals surface area contributed by atoms with Crippen LogP contribution in [0, 0.1) is 0 Å². The van der Waals surface area contributed by atoms with Gasteiger partial charge in [-0.05, 0) is 32.9 Å². The lowest BCUT2D eigenvalue weighted by molar-refractivity contribution is -0.138. The Balaban J connectivity index is 2.18. The molecule has 1 unspecified atom stereocenters. The van der Waals surface area contributed by atoms with E-state index in [1.807, 2.05) is 0 Å². The topological polar surface area (TPSA) is 76.7 Å². The fourth-order valence-electron chi connectivity index (χ4n) is 2.03. The predicted octanol–water partition coefficient (Wildman–Crippen LogP) is 2.93. The van der Waals surface area contributed by atoms with E-state index in [9.17, 15) is 22.8 Å². The predicted molar refractivity (Wildman–Crippen MR) is 78.7 cm³/mol. The first-order valence-electron chi connectivity index (χ1n) is 7.11. The first-order chi connectivity index (χ1) is 11.0. The number of carbonyl (C=O) groups is 2. The van der Waals surface area contributed by atoms with E-state index in [0.717, 1.165) is 12.1 Å². The van der Waals surface area contributed by atoms with Crippen LogP contribution in [-0.4, -0.2) is 30.3 Å². The summed E-state index contributed by atoms with van der Waals surface area (Å²) in [4.78, 5) is 23.8. The zero-order chi connectivity index (χ0) is 18.1. The van der Waals surface area contributed by atoms with E-state index >= 15 is 0 Å². The second kappa shape index (κ2) is 6.21. The number of amides is 2. The zero-order valence-electron chi connectivity index (χ0n) is 13.3. The number of para-hydroxylation sites is 1. The van der Waals surface area contributed by atoms with Crippen LogP contribution in [0.4, 0.5) is 23.7 Å². The van der Waals surface area contributed by atoms with Crippen molar-refractivity contribution < 1.29 is 32.2 Å². The Bertz CT molecular complexity index is 653. The van der Waals surface area contributed by atoms with Crippen LogP contribution in [0.3, 0.4) is 0 Å². The monoisotopic (exact) mass is 346 g/mol. The SMILES string of the molecule is CC(C)(C)OC(=O)NC1COc2c(cccc2C(F)(F)F)NC1=O. The minimum atomic E-state index is -4.63. The van der Waals surface area contributed by atoms with Crippen LogP contribution in [0.25, 0.3) is 0 Å². The third-order valence-corrected chi connectivity index (χ3v) is 2.98. The molecule has 24 heavy (non-hydrogen) atoms. The Labute approximate surface area is 136 Å². The van der Waals surface area contributed by atoms with Gasteiger partial charge in [-0.1, -0.05) is 6.07 Å². The van der Waals surface area contributed by atoms with Gasteiger partial charge in [-0.2, -0.15) is 13.2 Å². The number of anilines is 1. The average molecular weight is 346 g/mol. The molecule has 0 aliphatic carbocycles. The minimum absolute atomic E-state index is 0.108. The van der Waals surface area contributed by atoms with Crippen molar-refractivity contribution in [3.63, 3.8) is 0 Å². The van der Waals surface area contributed by atoms with Gasteiger partial charge < -0.3 is 20.1 Å². The van der Waals surface area contributed by atoms with Crippen molar-refractivity contribution in [1.82, 2.24) is 5.32 Å². The van der Waals surface area contributed by atoms with E-state index in [1.165, 1.54) is 6.07 Å². The largest absolute Gasteiger partial charge is 0.488 e. The second-order valence-electron chi connectivity index (χ2n) is 6.18. The number of hydrogen-bond donors (Lipinski definition) is 2. The quantitative estimate of drug-likeness (QED) is 0.820. The minimum Gasteiger partial charge on any atom is -0.488 e. The van der Waals surface area contributed by atoms with Gasteiger partial charge in [0.2, 0.25) is 0 Å².